The number of hydrogen-bond acceptors (Lipinski definition) is 1. The summed E-state index contributed by atoms with van der Waals surface area (Å²) in [6.07, 6.45) is 9.89. The van der Waals surface area contributed by atoms with Gasteiger partial charge in [0.15, 0.2) is 0 Å². The lowest BCUT2D eigenvalue weighted by Gasteiger charge is -2.22. The van der Waals surface area contributed by atoms with Gasteiger partial charge in [-0.05, 0) is 37.1 Å². The zero-order chi connectivity index (χ0) is 12.8. The van der Waals surface area contributed by atoms with Gasteiger partial charge in [0.2, 0.25) is 0 Å². The van der Waals surface area contributed by atoms with E-state index in [1.807, 2.05) is 0 Å². The van der Waals surface area contributed by atoms with E-state index in [0.717, 1.165) is 10.4 Å². The zero-order valence-corrected chi connectivity index (χ0v) is 12.9. The van der Waals surface area contributed by atoms with Crippen LogP contribution in [0.4, 0.5) is 0 Å². The lowest BCUT2D eigenvalue weighted by Crippen LogP contribution is -2.19. The molecule has 0 aromatic heterocycles. The molecule has 1 atom stereocenters. The van der Waals surface area contributed by atoms with Crippen LogP contribution in [-0.4, -0.2) is 7.05 Å². The Morgan fingerprint density at radius 2 is 1.72 bits per heavy atom. The lowest BCUT2D eigenvalue weighted by molar-refractivity contribution is 0.368. The number of benzene rings is 1. The van der Waals surface area contributed by atoms with Gasteiger partial charge >= 0.3 is 0 Å². The highest BCUT2D eigenvalue weighted by atomic mass is 79.9. The van der Waals surface area contributed by atoms with Gasteiger partial charge in [-0.15, -0.1) is 0 Å². The van der Waals surface area contributed by atoms with Crippen LogP contribution in [0.1, 0.15) is 56.6 Å². The van der Waals surface area contributed by atoms with E-state index >= 15 is 0 Å². The molecule has 0 amide bonds. The van der Waals surface area contributed by atoms with Crippen molar-refractivity contribution in [2.45, 2.75) is 51.0 Å². The molecule has 1 N–H and O–H groups in total. The van der Waals surface area contributed by atoms with Crippen molar-refractivity contribution in [3.05, 3.63) is 34.3 Å². The number of nitrogens with one attached hydrogen (secondary N) is 1. The lowest BCUT2D eigenvalue weighted by atomic mass is 9.89. The largest absolute Gasteiger partial charge is 0.313 e. The van der Waals surface area contributed by atoms with Gasteiger partial charge in [0.25, 0.3) is 0 Å². The molecule has 1 aromatic rings. The molecule has 0 bridgehead atoms. The molecule has 0 heterocycles. The summed E-state index contributed by atoms with van der Waals surface area (Å²) in [6.45, 7) is 0. The first-order chi connectivity index (χ1) is 8.79. The molecule has 2 rings (SSSR count). The summed E-state index contributed by atoms with van der Waals surface area (Å²) in [5.74, 6) is 0.911. The Morgan fingerprint density at radius 3 is 2.28 bits per heavy atom. The van der Waals surface area contributed by atoms with Crippen molar-refractivity contribution in [2.24, 2.45) is 5.92 Å². The molecule has 1 nitrogen and oxygen atoms in total. The summed E-state index contributed by atoms with van der Waals surface area (Å²) in [5.41, 5.74) is 1.42. The smallest absolute Gasteiger partial charge is 0.0320 e. The van der Waals surface area contributed by atoms with E-state index in [1.165, 1.54) is 50.5 Å². The molecule has 2 heteroatoms. The molecule has 0 aliphatic heterocycles. The zero-order valence-electron chi connectivity index (χ0n) is 11.3. The Morgan fingerprint density at radius 1 is 1.11 bits per heavy atom. The van der Waals surface area contributed by atoms with Crippen LogP contribution in [0.15, 0.2) is 28.7 Å². The van der Waals surface area contributed by atoms with Gasteiger partial charge in [-0.25, -0.2) is 0 Å². The van der Waals surface area contributed by atoms with Crippen LogP contribution >= 0.6 is 15.9 Å². The average molecular weight is 310 g/mol. The summed E-state index contributed by atoms with van der Waals surface area (Å²) in [6, 6.07) is 9.28. The summed E-state index contributed by atoms with van der Waals surface area (Å²) < 4.78 is 1.16. The fraction of sp³-hybridized carbons (Fsp3) is 0.625. The van der Waals surface area contributed by atoms with Gasteiger partial charge in [-0.2, -0.15) is 0 Å². The molecule has 18 heavy (non-hydrogen) atoms. The molecule has 1 unspecified atom stereocenters. The summed E-state index contributed by atoms with van der Waals surface area (Å²) in [7, 11) is 2.09. The third-order valence-corrected chi connectivity index (χ3v) is 4.69. The van der Waals surface area contributed by atoms with Crippen molar-refractivity contribution in [3.63, 3.8) is 0 Å². The maximum Gasteiger partial charge on any atom is 0.0320 e. The minimum atomic E-state index is 0.515. The molecular formula is C16H24BrN. The van der Waals surface area contributed by atoms with Crippen LogP contribution in [-0.2, 0) is 0 Å². The molecular weight excluding hydrogens is 286 g/mol. The van der Waals surface area contributed by atoms with Crippen molar-refractivity contribution < 1.29 is 0 Å². The van der Waals surface area contributed by atoms with Gasteiger partial charge in [0.05, 0.1) is 0 Å². The Balaban J connectivity index is 1.97. The van der Waals surface area contributed by atoms with Crippen LogP contribution in [0.25, 0.3) is 0 Å². The minimum Gasteiger partial charge on any atom is -0.313 e. The Kier molecular flexibility index (Phi) is 5.71. The molecule has 1 aliphatic rings. The third-order valence-electron chi connectivity index (χ3n) is 4.16. The van der Waals surface area contributed by atoms with Crippen molar-refractivity contribution >= 4 is 15.9 Å². The molecule has 1 aromatic carbocycles. The monoisotopic (exact) mass is 309 g/mol. The van der Waals surface area contributed by atoms with Crippen molar-refractivity contribution in [1.82, 2.24) is 5.32 Å². The van der Waals surface area contributed by atoms with Crippen molar-refractivity contribution in [1.29, 1.82) is 0 Å². The highest BCUT2D eigenvalue weighted by Gasteiger charge is 2.18. The third kappa shape index (κ3) is 4.10. The predicted octanol–water partition coefficient (Wildman–Crippen LogP) is 5.07. The predicted molar refractivity (Wildman–Crippen MR) is 81.8 cm³/mol. The molecule has 1 aliphatic carbocycles. The van der Waals surface area contributed by atoms with Crippen LogP contribution in [0.3, 0.4) is 0 Å². The summed E-state index contributed by atoms with van der Waals surface area (Å²) in [4.78, 5) is 0. The van der Waals surface area contributed by atoms with E-state index in [-0.39, 0.29) is 0 Å². The SMILES string of the molecule is CNC(CC1CCCCCC1)c1ccc(Br)cc1. The van der Waals surface area contributed by atoms with Gasteiger partial charge in [0.1, 0.15) is 0 Å². The number of rotatable bonds is 4. The fourth-order valence-corrected chi connectivity index (χ4v) is 3.31. The van der Waals surface area contributed by atoms with Crippen molar-refractivity contribution in [3.8, 4) is 0 Å². The Labute approximate surface area is 119 Å². The maximum absolute atomic E-state index is 3.50. The molecule has 100 valence electrons. The normalized spacial score (nSPS) is 19.4. The van der Waals surface area contributed by atoms with Gasteiger partial charge < -0.3 is 5.32 Å². The standard InChI is InChI=1S/C16H24BrN/c1-18-16(14-8-10-15(17)11-9-14)12-13-6-4-2-3-5-7-13/h8-11,13,16,18H,2-7,12H2,1H3. The van der Waals surface area contributed by atoms with Crippen LogP contribution in [0.5, 0.6) is 0 Å². The second kappa shape index (κ2) is 7.30. The van der Waals surface area contributed by atoms with Crippen LogP contribution < -0.4 is 5.32 Å². The topological polar surface area (TPSA) is 12.0 Å². The average Bonchev–Trinajstić information content (AvgIpc) is 2.66. The Hall–Kier alpha value is -0.340. The quantitative estimate of drug-likeness (QED) is 0.766. The van der Waals surface area contributed by atoms with Crippen LogP contribution in [0.2, 0.25) is 0 Å². The second-order valence-corrected chi connectivity index (χ2v) is 6.40. The summed E-state index contributed by atoms with van der Waals surface area (Å²) in [5, 5.41) is 3.49. The Bertz CT molecular complexity index is 339. The summed E-state index contributed by atoms with van der Waals surface area (Å²) >= 11 is 3.50. The molecule has 0 saturated heterocycles. The van der Waals surface area contributed by atoms with E-state index in [4.69, 9.17) is 0 Å². The molecule has 1 saturated carbocycles. The van der Waals surface area contributed by atoms with E-state index in [1.54, 1.807) is 0 Å². The number of hydrogen-bond donors (Lipinski definition) is 1. The first-order valence-electron chi connectivity index (χ1n) is 7.22. The van der Waals surface area contributed by atoms with Gasteiger partial charge in [-0.1, -0.05) is 66.6 Å². The van der Waals surface area contributed by atoms with E-state index in [2.05, 4.69) is 52.6 Å². The van der Waals surface area contributed by atoms with E-state index in [0.29, 0.717) is 6.04 Å². The van der Waals surface area contributed by atoms with E-state index in [9.17, 15) is 0 Å². The fourth-order valence-electron chi connectivity index (χ4n) is 3.05. The van der Waals surface area contributed by atoms with Crippen LogP contribution in [0, 0.1) is 5.92 Å². The molecule has 1 fully saturated rings. The van der Waals surface area contributed by atoms with Gasteiger partial charge in [-0.3, -0.25) is 0 Å². The van der Waals surface area contributed by atoms with E-state index < -0.39 is 0 Å². The molecule has 0 spiro atoms. The second-order valence-electron chi connectivity index (χ2n) is 5.49. The minimum absolute atomic E-state index is 0.515. The van der Waals surface area contributed by atoms with Gasteiger partial charge in [0, 0.05) is 10.5 Å². The highest BCUT2D eigenvalue weighted by molar-refractivity contribution is 9.10. The number of halogens is 1. The maximum atomic E-state index is 3.50. The first kappa shape index (κ1) is 14.1. The molecule has 0 radical (unpaired) electrons. The highest BCUT2D eigenvalue weighted by Crippen LogP contribution is 2.31. The van der Waals surface area contributed by atoms with Crippen molar-refractivity contribution in [2.75, 3.05) is 7.05 Å². The first-order valence-corrected chi connectivity index (χ1v) is 8.01.